The number of aromatic nitrogens is 10. The van der Waals surface area contributed by atoms with Gasteiger partial charge >= 0.3 is 5.82 Å². The van der Waals surface area contributed by atoms with Gasteiger partial charge in [-0.2, -0.15) is 10.2 Å². The average Bonchev–Trinajstić information content (AvgIpc) is 3.65. The Hall–Kier alpha value is -5.86. The molecule has 1 N–H and O–H groups in total. The van der Waals surface area contributed by atoms with Gasteiger partial charge in [0, 0.05) is 17.5 Å². The van der Waals surface area contributed by atoms with Gasteiger partial charge < -0.3 is 14.7 Å². The number of methoxy groups -OCH3 is 1. The second kappa shape index (κ2) is 9.71. The van der Waals surface area contributed by atoms with Crippen molar-refractivity contribution in [3.05, 3.63) is 83.6 Å². The molecule has 6 rings (SSSR count). The average molecular weight is 545 g/mol. The SMILES string of the molecule is [C-]#[N+]c1ncnc2c1ncn2-c1cc(OC)cc(C(C)(C)c2cc(CO)cc(-n3cnc4c(C#N)ncnc43)n2)n1. The molecule has 0 aliphatic carbocycles. The molecular weight excluding hydrogens is 524 g/mol. The van der Waals surface area contributed by atoms with Gasteiger partial charge in [-0.1, -0.05) is 6.57 Å². The predicted octanol–water partition coefficient (Wildman–Crippen LogP) is 2.98. The van der Waals surface area contributed by atoms with Crippen LogP contribution >= 0.6 is 0 Å². The minimum atomic E-state index is -0.792. The van der Waals surface area contributed by atoms with Crippen LogP contribution in [-0.2, 0) is 12.0 Å². The molecule has 14 nitrogen and oxygen atoms in total. The number of hydrogen-bond acceptors (Lipinski definition) is 11. The van der Waals surface area contributed by atoms with Gasteiger partial charge in [0.2, 0.25) is 6.33 Å². The normalized spacial score (nSPS) is 11.5. The number of nitrogens with zero attached hydrogens (tertiary/aromatic N) is 12. The highest BCUT2D eigenvalue weighted by Gasteiger charge is 2.30. The van der Waals surface area contributed by atoms with Crippen LogP contribution in [0.5, 0.6) is 5.75 Å². The molecule has 6 aromatic rings. The number of nitriles is 1. The van der Waals surface area contributed by atoms with Gasteiger partial charge in [-0.3, -0.25) is 9.13 Å². The van der Waals surface area contributed by atoms with Crippen LogP contribution in [0.1, 0.15) is 36.5 Å². The number of ether oxygens (including phenoxy) is 1. The van der Waals surface area contributed by atoms with Crippen LogP contribution in [0, 0.1) is 17.9 Å². The molecule has 0 saturated carbocycles. The predicted molar refractivity (Wildman–Crippen MR) is 144 cm³/mol. The molecule has 14 heteroatoms. The van der Waals surface area contributed by atoms with Crippen LogP contribution in [0.3, 0.4) is 0 Å². The van der Waals surface area contributed by atoms with Crippen molar-refractivity contribution in [2.45, 2.75) is 25.9 Å². The van der Waals surface area contributed by atoms with Crippen molar-refractivity contribution in [1.82, 2.24) is 49.0 Å². The summed E-state index contributed by atoms with van der Waals surface area (Å²) in [4.78, 5) is 38.5. The fraction of sp³-hybridized carbons (Fsp3) is 0.185. The van der Waals surface area contributed by atoms with E-state index in [1.165, 1.54) is 25.3 Å². The fourth-order valence-corrected chi connectivity index (χ4v) is 4.45. The van der Waals surface area contributed by atoms with E-state index >= 15 is 0 Å². The van der Waals surface area contributed by atoms with Gasteiger partial charge in [-0.25, -0.2) is 29.9 Å². The lowest BCUT2D eigenvalue weighted by atomic mass is 9.84. The lowest BCUT2D eigenvalue weighted by molar-refractivity contribution is 0.281. The van der Waals surface area contributed by atoms with E-state index in [4.69, 9.17) is 21.3 Å². The minimum absolute atomic E-state index is 0.147. The van der Waals surface area contributed by atoms with E-state index in [2.05, 4.69) is 34.7 Å². The summed E-state index contributed by atoms with van der Waals surface area (Å²) in [5, 5.41) is 19.5. The van der Waals surface area contributed by atoms with E-state index in [-0.39, 0.29) is 18.1 Å². The maximum Gasteiger partial charge on any atom is 0.300 e. The maximum absolute atomic E-state index is 10.1. The van der Waals surface area contributed by atoms with Gasteiger partial charge in [-0.15, -0.1) is 4.98 Å². The van der Waals surface area contributed by atoms with E-state index in [1.807, 2.05) is 26.0 Å². The van der Waals surface area contributed by atoms with Gasteiger partial charge in [0.1, 0.15) is 53.5 Å². The van der Waals surface area contributed by atoms with Crippen molar-refractivity contribution in [3.8, 4) is 23.5 Å². The van der Waals surface area contributed by atoms with Gasteiger partial charge in [0.25, 0.3) is 0 Å². The van der Waals surface area contributed by atoms with Crippen molar-refractivity contribution in [2.75, 3.05) is 7.11 Å². The van der Waals surface area contributed by atoms with Crippen molar-refractivity contribution >= 4 is 28.1 Å². The van der Waals surface area contributed by atoms with Crippen molar-refractivity contribution in [3.63, 3.8) is 0 Å². The van der Waals surface area contributed by atoms with Gasteiger partial charge in [-0.05, 0) is 31.5 Å². The highest BCUT2D eigenvalue weighted by Crippen LogP contribution is 2.34. The fourth-order valence-electron chi connectivity index (χ4n) is 4.45. The van der Waals surface area contributed by atoms with E-state index in [9.17, 15) is 10.4 Å². The molecule has 6 heterocycles. The molecule has 0 aromatic carbocycles. The van der Waals surface area contributed by atoms with Gasteiger partial charge in [0.15, 0.2) is 17.0 Å². The summed E-state index contributed by atoms with van der Waals surface area (Å²) in [7, 11) is 1.56. The number of aliphatic hydroxyl groups excluding tert-OH is 1. The largest absolute Gasteiger partial charge is 0.497 e. The van der Waals surface area contributed by atoms with Crippen LogP contribution in [0.25, 0.3) is 38.8 Å². The van der Waals surface area contributed by atoms with Crippen LogP contribution in [0.15, 0.2) is 49.6 Å². The molecular formula is C27H20N12O2. The maximum atomic E-state index is 10.1. The second-order valence-electron chi connectivity index (χ2n) is 9.47. The first-order valence-corrected chi connectivity index (χ1v) is 12.2. The Kier molecular flexibility index (Phi) is 6.02. The molecule has 0 aliphatic rings. The van der Waals surface area contributed by atoms with Crippen molar-refractivity contribution < 1.29 is 9.84 Å². The van der Waals surface area contributed by atoms with Crippen LogP contribution in [0.2, 0.25) is 0 Å². The molecule has 0 amide bonds. The third-order valence-electron chi connectivity index (χ3n) is 6.71. The summed E-state index contributed by atoms with van der Waals surface area (Å²) in [6.07, 6.45) is 5.67. The highest BCUT2D eigenvalue weighted by atomic mass is 16.5. The van der Waals surface area contributed by atoms with Crippen LogP contribution in [0.4, 0.5) is 5.82 Å². The number of aliphatic hydroxyl groups is 1. The monoisotopic (exact) mass is 544 g/mol. The standard InChI is InChI=1S/C27H20N12O2/c1-27(2,18-5-15(10-40)6-20(36-18)38-13-34-22-17(9-28)30-11-32-25(22)38)19-7-16(41-4)8-21(37-19)39-14-35-23-24(29-3)31-12-33-26(23)39/h5-8,11-14,40H,10H2,1-2,4H3. The number of hydrogen-bond donors (Lipinski definition) is 1. The molecule has 0 atom stereocenters. The Bertz CT molecular complexity index is 1900. The van der Waals surface area contributed by atoms with E-state index in [1.54, 1.807) is 34.4 Å². The summed E-state index contributed by atoms with van der Waals surface area (Å²) in [5.41, 5.74) is 2.76. The highest BCUT2D eigenvalue weighted by molar-refractivity contribution is 5.84. The molecule has 0 radical (unpaired) electrons. The zero-order valence-corrected chi connectivity index (χ0v) is 22.0. The minimum Gasteiger partial charge on any atom is -0.497 e. The zero-order chi connectivity index (χ0) is 28.7. The summed E-state index contributed by atoms with van der Waals surface area (Å²) < 4.78 is 8.92. The van der Waals surface area contributed by atoms with Gasteiger partial charge in [0.05, 0.1) is 25.1 Å². The summed E-state index contributed by atoms with van der Waals surface area (Å²) >= 11 is 0. The van der Waals surface area contributed by atoms with E-state index in [0.29, 0.717) is 56.7 Å². The molecule has 200 valence electrons. The summed E-state index contributed by atoms with van der Waals surface area (Å²) in [5.74, 6) is 1.62. The topological polar surface area (TPSA) is 171 Å². The molecule has 0 aliphatic heterocycles. The van der Waals surface area contributed by atoms with Crippen LogP contribution < -0.4 is 4.74 Å². The lowest BCUT2D eigenvalue weighted by Crippen LogP contribution is -2.24. The third-order valence-corrected chi connectivity index (χ3v) is 6.71. The molecule has 41 heavy (non-hydrogen) atoms. The molecule has 0 saturated heterocycles. The Labute approximate surface area is 232 Å². The summed E-state index contributed by atoms with van der Waals surface area (Å²) in [6.45, 7) is 11.1. The smallest absolute Gasteiger partial charge is 0.300 e. The van der Waals surface area contributed by atoms with Crippen molar-refractivity contribution in [1.29, 1.82) is 5.26 Å². The first-order valence-electron chi connectivity index (χ1n) is 12.2. The first kappa shape index (κ1) is 25.4. The third kappa shape index (κ3) is 4.15. The lowest BCUT2D eigenvalue weighted by Gasteiger charge is -2.26. The van der Waals surface area contributed by atoms with E-state index in [0.717, 1.165) is 0 Å². The zero-order valence-electron chi connectivity index (χ0n) is 22.0. The quantitative estimate of drug-likeness (QED) is 0.306. The number of fused-ring (bicyclic) bond motifs is 2. The molecule has 0 unspecified atom stereocenters. The molecule has 0 fully saturated rings. The van der Waals surface area contributed by atoms with E-state index < -0.39 is 5.41 Å². The second-order valence-corrected chi connectivity index (χ2v) is 9.47. The number of pyridine rings is 2. The molecule has 6 aromatic heterocycles. The van der Waals surface area contributed by atoms with Crippen LogP contribution in [-0.4, -0.2) is 61.2 Å². The first-order chi connectivity index (χ1) is 19.9. The molecule has 0 bridgehead atoms. The Morgan fingerprint density at radius 2 is 1.54 bits per heavy atom. The Morgan fingerprint density at radius 1 is 0.902 bits per heavy atom. The Morgan fingerprint density at radius 3 is 2.20 bits per heavy atom. The molecule has 0 spiro atoms. The van der Waals surface area contributed by atoms with Crippen molar-refractivity contribution in [2.24, 2.45) is 0 Å². The number of imidazole rings is 2. The summed E-state index contributed by atoms with van der Waals surface area (Å²) in [6, 6.07) is 9.11. The number of rotatable bonds is 6. The Balaban J connectivity index is 1.50.